The molecule has 3 rings (SSSR count). The number of carbonyl (C=O) groups is 1. The molecule has 1 aromatic carbocycles. The Morgan fingerprint density at radius 3 is 2.79 bits per heavy atom. The topological polar surface area (TPSA) is 41.1 Å². The van der Waals surface area contributed by atoms with Gasteiger partial charge >= 0.3 is 0 Å². The van der Waals surface area contributed by atoms with Gasteiger partial charge in [0.2, 0.25) is 5.91 Å². The summed E-state index contributed by atoms with van der Waals surface area (Å²) in [5, 5.41) is 6.47. The van der Waals surface area contributed by atoms with E-state index in [2.05, 4.69) is 41.8 Å². The van der Waals surface area contributed by atoms with Gasteiger partial charge in [-0.15, -0.1) is 0 Å². The molecule has 0 unspecified atom stereocenters. The molecule has 3 nitrogen and oxygen atoms in total. The molecule has 0 radical (unpaired) electrons. The summed E-state index contributed by atoms with van der Waals surface area (Å²) in [6.07, 6.45) is 4.52. The van der Waals surface area contributed by atoms with Crippen LogP contribution < -0.4 is 10.6 Å². The van der Waals surface area contributed by atoms with Crippen molar-refractivity contribution in [3.63, 3.8) is 0 Å². The molecule has 2 N–H and O–H groups in total. The first-order chi connectivity index (χ1) is 9.22. The summed E-state index contributed by atoms with van der Waals surface area (Å²) in [7, 11) is 0. The highest BCUT2D eigenvalue weighted by molar-refractivity contribution is 5.82. The second-order valence-electron chi connectivity index (χ2n) is 5.98. The summed E-state index contributed by atoms with van der Waals surface area (Å²) < 4.78 is 0. The molecule has 1 heterocycles. The number of hydrogen-bond donors (Lipinski definition) is 2. The molecule has 3 heteroatoms. The third kappa shape index (κ3) is 2.66. The Hall–Kier alpha value is -1.35. The predicted molar refractivity (Wildman–Crippen MR) is 75.7 cm³/mol. The largest absolute Gasteiger partial charge is 0.354 e. The number of hydrogen-bond acceptors (Lipinski definition) is 2. The van der Waals surface area contributed by atoms with Crippen LogP contribution in [0.15, 0.2) is 24.3 Å². The van der Waals surface area contributed by atoms with E-state index >= 15 is 0 Å². The molecule has 102 valence electrons. The quantitative estimate of drug-likeness (QED) is 0.867. The standard InChI is InChI=1S/C16H22N2O/c1-2-16(7-8-16)11-18-15(19)14-9-12-5-3-4-6-13(12)10-17-14/h3-6,14,17H,2,7-11H2,1H3,(H,18,19)/t14-/m0/s1. The minimum absolute atomic E-state index is 0.0671. The van der Waals surface area contributed by atoms with E-state index in [0.717, 1.165) is 19.5 Å². The summed E-state index contributed by atoms with van der Waals surface area (Å²) in [5.74, 6) is 0.161. The molecule has 2 aliphatic rings. The molecule has 1 saturated carbocycles. The van der Waals surface area contributed by atoms with Crippen molar-refractivity contribution in [1.29, 1.82) is 0 Å². The maximum Gasteiger partial charge on any atom is 0.237 e. The van der Waals surface area contributed by atoms with E-state index in [-0.39, 0.29) is 11.9 Å². The van der Waals surface area contributed by atoms with E-state index in [4.69, 9.17) is 0 Å². The summed E-state index contributed by atoms with van der Waals surface area (Å²) in [4.78, 5) is 12.2. The maximum absolute atomic E-state index is 12.2. The summed E-state index contributed by atoms with van der Waals surface area (Å²) in [6, 6.07) is 8.30. The second kappa shape index (κ2) is 4.97. The molecular formula is C16H22N2O. The highest BCUT2D eigenvalue weighted by Crippen LogP contribution is 2.47. The Balaban J connectivity index is 1.57. The Morgan fingerprint density at radius 1 is 1.37 bits per heavy atom. The first kappa shape index (κ1) is 12.7. The fourth-order valence-corrected chi connectivity index (χ4v) is 2.87. The molecule has 1 amide bonds. The number of amides is 1. The fourth-order valence-electron chi connectivity index (χ4n) is 2.87. The summed E-state index contributed by atoms with van der Waals surface area (Å²) in [5.41, 5.74) is 3.04. The van der Waals surface area contributed by atoms with Crippen molar-refractivity contribution in [2.24, 2.45) is 5.41 Å². The van der Waals surface area contributed by atoms with Crippen LogP contribution in [0.25, 0.3) is 0 Å². The van der Waals surface area contributed by atoms with E-state index in [1.807, 2.05) is 0 Å². The molecule has 1 aliphatic heterocycles. The van der Waals surface area contributed by atoms with E-state index in [9.17, 15) is 4.79 Å². The maximum atomic E-state index is 12.2. The number of fused-ring (bicyclic) bond motifs is 1. The number of rotatable bonds is 4. The van der Waals surface area contributed by atoms with Crippen LogP contribution in [0, 0.1) is 5.41 Å². The van der Waals surface area contributed by atoms with Crippen molar-refractivity contribution in [2.75, 3.05) is 6.54 Å². The van der Waals surface area contributed by atoms with Crippen LogP contribution in [-0.2, 0) is 17.8 Å². The lowest BCUT2D eigenvalue weighted by Crippen LogP contribution is -2.48. The van der Waals surface area contributed by atoms with Gasteiger partial charge in [-0.3, -0.25) is 4.79 Å². The lowest BCUT2D eigenvalue weighted by atomic mass is 9.95. The SMILES string of the molecule is CCC1(CNC(=O)[C@@H]2Cc3ccccc3CN2)CC1. The van der Waals surface area contributed by atoms with E-state index in [1.165, 1.54) is 30.4 Å². The van der Waals surface area contributed by atoms with Crippen LogP contribution in [0.3, 0.4) is 0 Å². The van der Waals surface area contributed by atoms with Crippen LogP contribution in [0.5, 0.6) is 0 Å². The second-order valence-corrected chi connectivity index (χ2v) is 5.98. The predicted octanol–water partition coefficient (Wildman–Crippen LogP) is 2.01. The average molecular weight is 258 g/mol. The Bertz CT molecular complexity index is 479. The van der Waals surface area contributed by atoms with E-state index in [0.29, 0.717) is 5.41 Å². The molecule has 1 atom stereocenters. The molecule has 0 spiro atoms. The Kier molecular flexibility index (Phi) is 3.31. The fraction of sp³-hybridized carbons (Fsp3) is 0.562. The Morgan fingerprint density at radius 2 is 2.11 bits per heavy atom. The van der Waals surface area contributed by atoms with Crippen LogP contribution in [-0.4, -0.2) is 18.5 Å². The van der Waals surface area contributed by atoms with Crippen molar-refractivity contribution in [1.82, 2.24) is 10.6 Å². The molecule has 19 heavy (non-hydrogen) atoms. The lowest BCUT2D eigenvalue weighted by molar-refractivity contribution is -0.123. The molecule has 0 aromatic heterocycles. The van der Waals surface area contributed by atoms with Crippen molar-refractivity contribution in [3.05, 3.63) is 35.4 Å². The van der Waals surface area contributed by atoms with Crippen molar-refractivity contribution in [2.45, 2.75) is 45.2 Å². The molecule has 1 aliphatic carbocycles. The van der Waals surface area contributed by atoms with E-state index in [1.54, 1.807) is 0 Å². The van der Waals surface area contributed by atoms with Gasteiger partial charge in [0.05, 0.1) is 6.04 Å². The van der Waals surface area contributed by atoms with Gasteiger partial charge < -0.3 is 10.6 Å². The first-order valence-corrected chi connectivity index (χ1v) is 7.30. The van der Waals surface area contributed by atoms with Gasteiger partial charge in [-0.2, -0.15) is 0 Å². The first-order valence-electron chi connectivity index (χ1n) is 7.30. The third-order valence-corrected chi connectivity index (χ3v) is 4.74. The molecule has 0 bridgehead atoms. The molecular weight excluding hydrogens is 236 g/mol. The zero-order valence-corrected chi connectivity index (χ0v) is 11.5. The van der Waals surface area contributed by atoms with Gasteiger partial charge in [-0.05, 0) is 42.2 Å². The van der Waals surface area contributed by atoms with Crippen LogP contribution >= 0.6 is 0 Å². The summed E-state index contributed by atoms with van der Waals surface area (Å²) >= 11 is 0. The van der Waals surface area contributed by atoms with Gasteiger partial charge in [0, 0.05) is 13.1 Å². The third-order valence-electron chi connectivity index (χ3n) is 4.74. The lowest BCUT2D eigenvalue weighted by Gasteiger charge is -2.26. The van der Waals surface area contributed by atoms with Gasteiger partial charge in [-0.25, -0.2) is 0 Å². The minimum Gasteiger partial charge on any atom is -0.354 e. The number of nitrogens with one attached hydrogen (secondary N) is 2. The molecule has 1 aromatic rings. The number of carbonyl (C=O) groups excluding carboxylic acids is 1. The molecule has 0 saturated heterocycles. The van der Waals surface area contributed by atoms with Gasteiger partial charge in [0.25, 0.3) is 0 Å². The van der Waals surface area contributed by atoms with Gasteiger partial charge in [0.1, 0.15) is 0 Å². The summed E-state index contributed by atoms with van der Waals surface area (Å²) in [6.45, 7) is 3.86. The normalized spacial score (nSPS) is 23.5. The van der Waals surface area contributed by atoms with E-state index < -0.39 is 0 Å². The molecule has 1 fully saturated rings. The zero-order valence-electron chi connectivity index (χ0n) is 11.5. The highest BCUT2D eigenvalue weighted by Gasteiger charge is 2.41. The van der Waals surface area contributed by atoms with Gasteiger partial charge in [0.15, 0.2) is 0 Å². The van der Waals surface area contributed by atoms with Crippen molar-refractivity contribution in [3.8, 4) is 0 Å². The van der Waals surface area contributed by atoms with Crippen LogP contribution in [0.2, 0.25) is 0 Å². The minimum atomic E-state index is -0.0671. The smallest absolute Gasteiger partial charge is 0.237 e. The Labute approximate surface area is 114 Å². The highest BCUT2D eigenvalue weighted by atomic mass is 16.2. The van der Waals surface area contributed by atoms with Crippen molar-refractivity contribution < 1.29 is 4.79 Å². The zero-order chi connectivity index (χ0) is 13.3. The van der Waals surface area contributed by atoms with Crippen molar-refractivity contribution >= 4 is 5.91 Å². The van der Waals surface area contributed by atoms with Gasteiger partial charge in [-0.1, -0.05) is 31.2 Å². The number of benzene rings is 1. The monoisotopic (exact) mass is 258 g/mol. The van der Waals surface area contributed by atoms with Crippen LogP contribution in [0.4, 0.5) is 0 Å². The average Bonchev–Trinajstić information content (AvgIpc) is 3.25. The van der Waals surface area contributed by atoms with Crippen LogP contribution in [0.1, 0.15) is 37.3 Å².